The van der Waals surface area contributed by atoms with Crippen molar-refractivity contribution >= 4 is 57.2 Å². The van der Waals surface area contributed by atoms with Crippen LogP contribution in [0.3, 0.4) is 0 Å². The number of benzene rings is 3. The molecular formula is C29H24BrCl2N3O4. The third-order valence-corrected chi connectivity index (χ3v) is 6.66. The van der Waals surface area contributed by atoms with E-state index in [2.05, 4.69) is 31.8 Å². The number of amides is 2. The first kappa shape index (κ1) is 28.4. The number of nitrogens with zero attached hydrogens (tertiary/aromatic N) is 1. The molecule has 0 bridgehead atoms. The van der Waals surface area contributed by atoms with E-state index in [0.717, 1.165) is 15.6 Å². The van der Waals surface area contributed by atoms with Crippen molar-refractivity contribution in [1.29, 1.82) is 0 Å². The summed E-state index contributed by atoms with van der Waals surface area (Å²) in [7, 11) is 0. The lowest BCUT2D eigenvalue weighted by Crippen LogP contribution is -2.50. The summed E-state index contributed by atoms with van der Waals surface area (Å²) in [6, 6.07) is 24.4. The van der Waals surface area contributed by atoms with Crippen molar-refractivity contribution < 1.29 is 18.7 Å². The Hall–Kier alpha value is -3.59. The number of carbonyl (C=O) groups is 2. The number of carbonyl (C=O) groups excluding carboxylic acids is 2. The number of rotatable bonds is 10. The molecule has 0 aliphatic heterocycles. The predicted octanol–water partition coefficient (Wildman–Crippen LogP) is 6.66. The average Bonchev–Trinajstić information content (AvgIpc) is 3.39. The van der Waals surface area contributed by atoms with Crippen LogP contribution >= 0.6 is 39.1 Å². The Morgan fingerprint density at radius 1 is 1.00 bits per heavy atom. The Labute approximate surface area is 244 Å². The van der Waals surface area contributed by atoms with Crippen molar-refractivity contribution in [1.82, 2.24) is 10.7 Å². The van der Waals surface area contributed by atoms with Crippen LogP contribution in [0.5, 0.6) is 5.75 Å². The van der Waals surface area contributed by atoms with E-state index in [1.54, 1.807) is 25.1 Å². The second-order valence-corrected chi connectivity index (χ2v) is 10.3. The summed E-state index contributed by atoms with van der Waals surface area (Å²) in [6.07, 6.45) is 0.714. The second kappa shape index (κ2) is 13.5. The zero-order valence-corrected chi connectivity index (χ0v) is 23.8. The van der Waals surface area contributed by atoms with Gasteiger partial charge >= 0.3 is 0 Å². The van der Waals surface area contributed by atoms with E-state index in [0.29, 0.717) is 22.3 Å². The molecule has 39 heavy (non-hydrogen) atoms. The summed E-state index contributed by atoms with van der Waals surface area (Å²) < 4.78 is 12.5. The minimum absolute atomic E-state index is 0.247. The van der Waals surface area contributed by atoms with Crippen molar-refractivity contribution in [2.24, 2.45) is 5.10 Å². The molecule has 0 aliphatic rings. The van der Waals surface area contributed by atoms with Crippen molar-refractivity contribution in [2.75, 3.05) is 0 Å². The lowest BCUT2D eigenvalue weighted by Gasteiger charge is -2.21. The van der Waals surface area contributed by atoms with Crippen LogP contribution in [0.15, 0.2) is 98.9 Å². The van der Waals surface area contributed by atoms with Gasteiger partial charge in [-0.3, -0.25) is 9.59 Å². The van der Waals surface area contributed by atoms with Crippen molar-refractivity contribution in [3.05, 3.63) is 111 Å². The lowest BCUT2D eigenvalue weighted by atomic mass is 10.1. The van der Waals surface area contributed by atoms with Crippen molar-refractivity contribution in [2.45, 2.75) is 25.5 Å². The molecule has 4 rings (SSSR count). The molecule has 7 nitrogen and oxygen atoms in total. The molecule has 2 atom stereocenters. The maximum atomic E-state index is 13.1. The van der Waals surface area contributed by atoms with E-state index in [1.165, 1.54) is 12.3 Å². The quantitative estimate of drug-likeness (QED) is 0.152. The first-order valence-electron chi connectivity index (χ1n) is 11.9. The van der Waals surface area contributed by atoms with Gasteiger partial charge in [0.25, 0.3) is 11.8 Å². The molecule has 0 unspecified atom stereocenters. The number of hydrogen-bond donors (Lipinski definition) is 2. The molecule has 1 aromatic heterocycles. The highest BCUT2D eigenvalue weighted by Crippen LogP contribution is 2.28. The van der Waals surface area contributed by atoms with Crippen LogP contribution in [0.2, 0.25) is 10.0 Å². The summed E-state index contributed by atoms with van der Waals surface area (Å²) >= 11 is 15.5. The van der Waals surface area contributed by atoms with Gasteiger partial charge in [-0.15, -0.1) is 0 Å². The molecule has 0 aliphatic carbocycles. The topological polar surface area (TPSA) is 92.9 Å². The first-order chi connectivity index (χ1) is 18.8. The molecule has 0 radical (unpaired) electrons. The SMILES string of the molecule is C[C@H](Oc1ccc(Cl)cc1Cl)C(=O)N[C@H](Cc1ccccc1)C(=O)N/N=C\c1ccc(-c2ccc(Br)cc2)o1. The van der Waals surface area contributed by atoms with Crippen LogP contribution in [0.1, 0.15) is 18.2 Å². The summed E-state index contributed by atoms with van der Waals surface area (Å²) in [5.74, 6) is 0.433. The van der Waals surface area contributed by atoms with Gasteiger partial charge < -0.3 is 14.5 Å². The summed E-state index contributed by atoms with van der Waals surface area (Å²) in [5, 5.41) is 7.50. The van der Waals surface area contributed by atoms with Gasteiger partial charge in [-0.2, -0.15) is 5.10 Å². The van der Waals surface area contributed by atoms with Gasteiger partial charge in [0.15, 0.2) is 6.10 Å². The summed E-state index contributed by atoms with van der Waals surface area (Å²) in [4.78, 5) is 26.0. The largest absolute Gasteiger partial charge is 0.479 e. The summed E-state index contributed by atoms with van der Waals surface area (Å²) in [6.45, 7) is 1.57. The third-order valence-electron chi connectivity index (χ3n) is 5.60. The van der Waals surface area contributed by atoms with Gasteiger partial charge in [0, 0.05) is 21.5 Å². The third kappa shape index (κ3) is 8.20. The Morgan fingerprint density at radius 2 is 1.74 bits per heavy atom. The molecule has 0 spiro atoms. The van der Waals surface area contributed by atoms with E-state index in [-0.39, 0.29) is 11.4 Å². The highest BCUT2D eigenvalue weighted by molar-refractivity contribution is 9.10. The van der Waals surface area contributed by atoms with Gasteiger partial charge in [-0.25, -0.2) is 5.43 Å². The van der Waals surface area contributed by atoms with E-state index >= 15 is 0 Å². The van der Waals surface area contributed by atoms with Crippen LogP contribution in [0.4, 0.5) is 0 Å². The van der Waals surface area contributed by atoms with Gasteiger partial charge in [0.05, 0.1) is 11.2 Å². The smallest absolute Gasteiger partial charge is 0.262 e. The van der Waals surface area contributed by atoms with Crippen molar-refractivity contribution in [3.63, 3.8) is 0 Å². The zero-order valence-electron chi connectivity index (χ0n) is 20.7. The fourth-order valence-electron chi connectivity index (χ4n) is 3.59. The van der Waals surface area contributed by atoms with Crippen LogP contribution in [-0.4, -0.2) is 30.2 Å². The number of hydrazone groups is 1. The fourth-order valence-corrected chi connectivity index (χ4v) is 4.31. The Kier molecular flexibility index (Phi) is 9.81. The van der Waals surface area contributed by atoms with Crippen LogP contribution < -0.4 is 15.5 Å². The Balaban J connectivity index is 1.41. The number of hydrogen-bond acceptors (Lipinski definition) is 5. The minimum atomic E-state index is -0.932. The highest BCUT2D eigenvalue weighted by Gasteiger charge is 2.25. The molecule has 0 saturated heterocycles. The maximum Gasteiger partial charge on any atom is 0.262 e. The van der Waals surface area contributed by atoms with Gasteiger partial charge in [0.2, 0.25) is 0 Å². The number of halogens is 3. The Morgan fingerprint density at radius 3 is 2.46 bits per heavy atom. The Bertz CT molecular complexity index is 1460. The molecular weight excluding hydrogens is 605 g/mol. The monoisotopic (exact) mass is 627 g/mol. The van der Waals surface area contributed by atoms with Crippen LogP contribution in [0.25, 0.3) is 11.3 Å². The maximum absolute atomic E-state index is 13.1. The second-order valence-electron chi connectivity index (χ2n) is 8.53. The molecule has 4 aromatic rings. The van der Waals surface area contributed by atoms with Crippen molar-refractivity contribution in [3.8, 4) is 17.1 Å². The van der Waals surface area contributed by atoms with Gasteiger partial charge in [-0.05, 0) is 55.0 Å². The van der Waals surface area contributed by atoms with E-state index in [9.17, 15) is 9.59 Å². The zero-order chi connectivity index (χ0) is 27.8. The average molecular weight is 629 g/mol. The highest BCUT2D eigenvalue weighted by atomic mass is 79.9. The standard InChI is InChI=1S/C29H24BrCl2N3O4/c1-18(38-27-13-11-22(31)16-24(27)32)28(36)34-25(15-19-5-3-2-4-6-19)29(37)35-33-17-23-12-14-26(39-23)20-7-9-21(30)10-8-20/h2-14,16-18,25H,15H2,1H3,(H,34,36)(H,35,37)/b33-17-/t18-,25+/m0/s1. The van der Waals surface area contributed by atoms with Gasteiger partial charge in [-0.1, -0.05) is 81.6 Å². The molecule has 1 heterocycles. The first-order valence-corrected chi connectivity index (χ1v) is 13.5. The normalized spacial score (nSPS) is 12.6. The minimum Gasteiger partial charge on any atom is -0.479 e. The molecule has 200 valence electrons. The predicted molar refractivity (Wildman–Crippen MR) is 156 cm³/mol. The molecule has 2 N–H and O–H groups in total. The lowest BCUT2D eigenvalue weighted by molar-refractivity contribution is -0.132. The van der Waals surface area contributed by atoms with E-state index in [4.69, 9.17) is 32.4 Å². The molecule has 10 heteroatoms. The summed E-state index contributed by atoms with van der Waals surface area (Å²) in [5.41, 5.74) is 4.26. The number of furan rings is 1. The van der Waals surface area contributed by atoms with Gasteiger partial charge in [0.1, 0.15) is 23.3 Å². The van der Waals surface area contributed by atoms with Crippen LogP contribution in [-0.2, 0) is 16.0 Å². The fraction of sp³-hybridized carbons (Fsp3) is 0.138. The molecule has 3 aromatic carbocycles. The van der Waals surface area contributed by atoms with Crippen LogP contribution in [0, 0.1) is 0 Å². The van der Waals surface area contributed by atoms with E-state index in [1.807, 2.05) is 60.7 Å². The molecule has 0 saturated carbocycles. The molecule has 2 amide bonds. The number of ether oxygens (including phenoxy) is 1. The molecule has 0 fully saturated rings. The van der Waals surface area contributed by atoms with E-state index < -0.39 is 24.0 Å². The number of nitrogens with one attached hydrogen (secondary N) is 2.